The van der Waals surface area contributed by atoms with Crippen LogP contribution in [0.1, 0.15) is 24.4 Å². The fraction of sp³-hybridized carbons (Fsp3) is 0.455. The molecule has 0 aromatic heterocycles. The van der Waals surface area contributed by atoms with E-state index in [2.05, 4.69) is 30.5 Å². The molecule has 1 aromatic rings. The third-order valence-corrected chi connectivity index (χ3v) is 3.44. The van der Waals surface area contributed by atoms with E-state index >= 15 is 0 Å². The number of nitrogens with two attached hydrogens (primary N) is 1. The Morgan fingerprint density at radius 2 is 2.08 bits per heavy atom. The molecule has 2 N–H and O–H groups in total. The predicted octanol–water partition coefficient (Wildman–Crippen LogP) is 2.82. The molecule has 1 saturated carbocycles. The number of thioether (sulfide) groups is 1. The zero-order valence-electron chi connectivity index (χ0n) is 7.86. The van der Waals surface area contributed by atoms with Crippen LogP contribution in [0, 0.1) is 5.92 Å². The molecular weight excluding hydrogens is 178 g/mol. The van der Waals surface area contributed by atoms with Crippen LogP contribution in [0.25, 0.3) is 0 Å². The minimum absolute atomic E-state index is 0.267. The van der Waals surface area contributed by atoms with Crippen molar-refractivity contribution in [2.24, 2.45) is 11.7 Å². The van der Waals surface area contributed by atoms with Gasteiger partial charge in [-0.2, -0.15) is 0 Å². The Balaban J connectivity index is 2.26. The average molecular weight is 193 g/mol. The standard InChI is InChI=1S/C11H15NS/c1-13-10-5-3-2-4-9(10)11(12)8-6-7-8/h2-5,8,11H,6-7,12H2,1H3/t11-/m1/s1. The van der Waals surface area contributed by atoms with Crippen LogP contribution in [0.4, 0.5) is 0 Å². The zero-order chi connectivity index (χ0) is 9.26. The third-order valence-electron chi connectivity index (χ3n) is 2.63. The fourth-order valence-electron chi connectivity index (χ4n) is 1.65. The Labute approximate surface area is 83.7 Å². The lowest BCUT2D eigenvalue weighted by Crippen LogP contribution is -2.13. The van der Waals surface area contributed by atoms with Crippen LogP contribution in [-0.4, -0.2) is 6.26 Å². The molecule has 0 radical (unpaired) electrons. The summed E-state index contributed by atoms with van der Waals surface area (Å²) in [6.07, 6.45) is 4.73. The zero-order valence-corrected chi connectivity index (χ0v) is 8.68. The van der Waals surface area contributed by atoms with E-state index in [0.717, 1.165) is 5.92 Å². The topological polar surface area (TPSA) is 26.0 Å². The maximum Gasteiger partial charge on any atom is 0.0334 e. The van der Waals surface area contributed by atoms with Crippen molar-refractivity contribution in [3.8, 4) is 0 Å². The molecule has 1 aromatic carbocycles. The van der Waals surface area contributed by atoms with E-state index in [4.69, 9.17) is 5.73 Å². The quantitative estimate of drug-likeness (QED) is 0.747. The molecule has 1 aliphatic carbocycles. The van der Waals surface area contributed by atoms with Gasteiger partial charge in [-0.1, -0.05) is 18.2 Å². The van der Waals surface area contributed by atoms with Crippen LogP contribution < -0.4 is 5.73 Å². The van der Waals surface area contributed by atoms with E-state index < -0.39 is 0 Å². The molecule has 13 heavy (non-hydrogen) atoms. The van der Waals surface area contributed by atoms with Gasteiger partial charge in [0.1, 0.15) is 0 Å². The molecule has 1 nitrogen and oxygen atoms in total. The molecule has 2 heteroatoms. The van der Waals surface area contributed by atoms with E-state index in [1.807, 2.05) is 0 Å². The molecular formula is C11H15NS. The summed E-state index contributed by atoms with van der Waals surface area (Å²) in [4.78, 5) is 1.34. The highest BCUT2D eigenvalue weighted by molar-refractivity contribution is 7.98. The first-order valence-electron chi connectivity index (χ1n) is 4.71. The van der Waals surface area contributed by atoms with Crippen LogP contribution in [-0.2, 0) is 0 Å². The SMILES string of the molecule is CSc1ccccc1[C@H](N)C1CC1. The lowest BCUT2D eigenvalue weighted by Gasteiger charge is -2.14. The Morgan fingerprint density at radius 1 is 1.38 bits per heavy atom. The molecule has 0 aliphatic heterocycles. The summed E-state index contributed by atoms with van der Waals surface area (Å²) < 4.78 is 0. The highest BCUT2D eigenvalue weighted by atomic mass is 32.2. The first-order chi connectivity index (χ1) is 6.33. The van der Waals surface area contributed by atoms with Crippen LogP contribution in [0.15, 0.2) is 29.2 Å². The van der Waals surface area contributed by atoms with Gasteiger partial charge in [-0.15, -0.1) is 11.8 Å². The molecule has 0 bridgehead atoms. The van der Waals surface area contributed by atoms with Gasteiger partial charge in [0.05, 0.1) is 0 Å². The Hall–Kier alpha value is -0.470. The summed E-state index contributed by atoms with van der Waals surface area (Å²) in [6.45, 7) is 0. The van der Waals surface area contributed by atoms with Crippen molar-refractivity contribution in [1.29, 1.82) is 0 Å². The van der Waals surface area contributed by atoms with Crippen molar-refractivity contribution >= 4 is 11.8 Å². The summed E-state index contributed by atoms with van der Waals surface area (Å²) in [7, 11) is 0. The van der Waals surface area contributed by atoms with E-state index in [0.29, 0.717) is 0 Å². The lowest BCUT2D eigenvalue weighted by atomic mass is 10.0. The molecule has 0 spiro atoms. The van der Waals surface area contributed by atoms with Gasteiger partial charge in [0.15, 0.2) is 0 Å². The van der Waals surface area contributed by atoms with Crippen LogP contribution in [0.5, 0.6) is 0 Å². The van der Waals surface area contributed by atoms with Gasteiger partial charge in [0.25, 0.3) is 0 Å². The molecule has 70 valence electrons. The molecule has 1 atom stereocenters. The van der Waals surface area contributed by atoms with Crippen molar-refractivity contribution in [2.45, 2.75) is 23.8 Å². The van der Waals surface area contributed by atoms with E-state index in [1.54, 1.807) is 11.8 Å². The fourth-order valence-corrected chi connectivity index (χ4v) is 2.31. The lowest BCUT2D eigenvalue weighted by molar-refractivity contribution is 0.623. The minimum Gasteiger partial charge on any atom is -0.324 e. The maximum atomic E-state index is 6.16. The smallest absolute Gasteiger partial charge is 0.0334 e. The Kier molecular flexibility index (Phi) is 2.61. The average Bonchev–Trinajstić information content (AvgIpc) is 3.00. The van der Waals surface area contributed by atoms with Gasteiger partial charge in [0.2, 0.25) is 0 Å². The molecule has 0 heterocycles. The number of hydrogen-bond acceptors (Lipinski definition) is 2. The maximum absolute atomic E-state index is 6.16. The monoisotopic (exact) mass is 193 g/mol. The first kappa shape index (κ1) is 9.10. The van der Waals surface area contributed by atoms with E-state index in [9.17, 15) is 0 Å². The second kappa shape index (κ2) is 3.72. The molecule has 1 aliphatic rings. The summed E-state index contributed by atoms with van der Waals surface area (Å²) in [5.74, 6) is 0.744. The Bertz CT molecular complexity index is 294. The largest absolute Gasteiger partial charge is 0.324 e. The molecule has 1 fully saturated rings. The highest BCUT2D eigenvalue weighted by Crippen LogP contribution is 2.41. The second-order valence-electron chi connectivity index (χ2n) is 3.61. The van der Waals surface area contributed by atoms with Gasteiger partial charge in [-0.05, 0) is 36.6 Å². The van der Waals surface area contributed by atoms with Crippen LogP contribution in [0.2, 0.25) is 0 Å². The second-order valence-corrected chi connectivity index (χ2v) is 4.45. The van der Waals surface area contributed by atoms with Gasteiger partial charge in [0, 0.05) is 10.9 Å². The van der Waals surface area contributed by atoms with Crippen molar-refractivity contribution < 1.29 is 0 Å². The number of benzene rings is 1. The highest BCUT2D eigenvalue weighted by Gasteiger charge is 2.30. The summed E-state index contributed by atoms with van der Waals surface area (Å²) in [5, 5.41) is 0. The molecule has 0 saturated heterocycles. The first-order valence-corrected chi connectivity index (χ1v) is 5.94. The summed E-state index contributed by atoms with van der Waals surface area (Å²) in [6, 6.07) is 8.74. The number of rotatable bonds is 3. The van der Waals surface area contributed by atoms with Gasteiger partial charge >= 0.3 is 0 Å². The predicted molar refractivity (Wildman–Crippen MR) is 57.9 cm³/mol. The van der Waals surface area contributed by atoms with Gasteiger partial charge in [-0.25, -0.2) is 0 Å². The van der Waals surface area contributed by atoms with E-state index in [1.165, 1.54) is 23.3 Å². The van der Waals surface area contributed by atoms with Crippen molar-refractivity contribution in [2.75, 3.05) is 6.26 Å². The molecule has 0 unspecified atom stereocenters. The van der Waals surface area contributed by atoms with Gasteiger partial charge in [-0.3, -0.25) is 0 Å². The molecule has 2 rings (SSSR count). The molecule has 0 amide bonds. The van der Waals surface area contributed by atoms with Crippen molar-refractivity contribution in [3.05, 3.63) is 29.8 Å². The van der Waals surface area contributed by atoms with E-state index in [-0.39, 0.29) is 6.04 Å². The Morgan fingerprint density at radius 3 is 2.69 bits per heavy atom. The normalized spacial score (nSPS) is 18.6. The minimum atomic E-state index is 0.267. The van der Waals surface area contributed by atoms with Crippen molar-refractivity contribution in [1.82, 2.24) is 0 Å². The van der Waals surface area contributed by atoms with Gasteiger partial charge < -0.3 is 5.73 Å². The van der Waals surface area contributed by atoms with Crippen LogP contribution in [0.3, 0.4) is 0 Å². The van der Waals surface area contributed by atoms with Crippen molar-refractivity contribution in [3.63, 3.8) is 0 Å². The summed E-state index contributed by atoms with van der Waals surface area (Å²) in [5.41, 5.74) is 7.49. The summed E-state index contributed by atoms with van der Waals surface area (Å²) >= 11 is 1.79. The number of hydrogen-bond donors (Lipinski definition) is 1. The third kappa shape index (κ3) is 1.89. The van der Waals surface area contributed by atoms with Crippen LogP contribution >= 0.6 is 11.8 Å².